The Morgan fingerprint density at radius 1 is 1.21 bits per heavy atom. The number of rotatable bonds is 6. The van der Waals surface area contributed by atoms with Crippen LogP contribution >= 0.6 is 23.6 Å². The molecule has 4 aromatic rings. The molecule has 5 N–H and O–H groups in total. The molecule has 146 valence electrons. The number of thiazole rings is 1. The summed E-state index contributed by atoms with van der Waals surface area (Å²) in [6.07, 6.45) is 1.78. The van der Waals surface area contributed by atoms with Gasteiger partial charge in [-0.1, -0.05) is 26.0 Å². The van der Waals surface area contributed by atoms with Crippen LogP contribution in [0.5, 0.6) is 0 Å². The lowest BCUT2D eigenvalue weighted by molar-refractivity contribution is 0.451. The topological polar surface area (TPSA) is 111 Å². The number of H-pyrrole nitrogens is 1. The summed E-state index contributed by atoms with van der Waals surface area (Å²) >= 11 is 6.84. The molecule has 0 aliphatic heterocycles. The number of nitrogens with zero attached hydrogens (tertiary/aromatic N) is 4. The average molecular weight is 414 g/mol. The smallest absolute Gasteiger partial charge is 0.200 e. The van der Waals surface area contributed by atoms with Gasteiger partial charge in [0.15, 0.2) is 21.3 Å². The second-order valence-electron chi connectivity index (χ2n) is 7.38. The van der Waals surface area contributed by atoms with Crippen molar-refractivity contribution in [2.75, 3.05) is 5.73 Å². The van der Waals surface area contributed by atoms with Gasteiger partial charge in [0.1, 0.15) is 11.3 Å². The van der Waals surface area contributed by atoms with E-state index in [1.165, 1.54) is 0 Å². The zero-order chi connectivity index (χ0) is 19.8. The molecule has 0 fully saturated rings. The summed E-state index contributed by atoms with van der Waals surface area (Å²) in [5.74, 6) is 1.73. The summed E-state index contributed by atoms with van der Waals surface area (Å²) < 4.78 is 3.50. The summed E-state index contributed by atoms with van der Waals surface area (Å²) in [5, 5.41) is 0.835. The van der Waals surface area contributed by atoms with Gasteiger partial charge < -0.3 is 21.0 Å². The molecule has 0 aliphatic rings. The van der Waals surface area contributed by atoms with E-state index in [0.717, 1.165) is 33.9 Å². The summed E-state index contributed by atoms with van der Waals surface area (Å²) in [4.78, 5) is 16.9. The zero-order valence-electron chi connectivity index (χ0n) is 15.8. The molecule has 0 bridgehead atoms. The van der Waals surface area contributed by atoms with Gasteiger partial charge in [0, 0.05) is 12.6 Å². The van der Waals surface area contributed by atoms with Crippen molar-refractivity contribution in [3.63, 3.8) is 0 Å². The summed E-state index contributed by atoms with van der Waals surface area (Å²) in [5.41, 5.74) is 14.7. The maximum atomic E-state index is 6.33. The van der Waals surface area contributed by atoms with Crippen LogP contribution in [-0.4, -0.2) is 30.5 Å². The Hall–Kier alpha value is -2.36. The fourth-order valence-corrected chi connectivity index (χ4v) is 4.56. The third-order valence-electron chi connectivity index (χ3n) is 4.63. The van der Waals surface area contributed by atoms with Crippen LogP contribution in [0.25, 0.3) is 32.2 Å². The number of hydrogen-bond donors (Lipinski definition) is 3. The number of nitrogen functional groups attached to an aromatic ring is 1. The number of para-hydroxylation sites is 1. The van der Waals surface area contributed by atoms with Gasteiger partial charge in [-0.15, -0.1) is 11.3 Å². The molecule has 1 unspecified atom stereocenters. The van der Waals surface area contributed by atoms with Gasteiger partial charge in [-0.2, -0.15) is 4.98 Å². The molecule has 9 heteroatoms. The molecule has 0 radical (unpaired) electrons. The molecule has 1 aromatic carbocycles. The highest BCUT2D eigenvalue weighted by Crippen LogP contribution is 2.32. The zero-order valence-corrected chi connectivity index (χ0v) is 17.5. The molecule has 0 spiro atoms. The number of aryl methyl sites for hydroxylation is 1. The van der Waals surface area contributed by atoms with E-state index in [2.05, 4.69) is 29.9 Å². The molecule has 28 heavy (non-hydrogen) atoms. The van der Waals surface area contributed by atoms with E-state index in [0.29, 0.717) is 34.2 Å². The van der Waals surface area contributed by atoms with Gasteiger partial charge in [-0.3, -0.25) is 0 Å². The number of imidazole rings is 1. The minimum Gasteiger partial charge on any atom is -0.383 e. The predicted molar refractivity (Wildman–Crippen MR) is 118 cm³/mol. The lowest BCUT2D eigenvalue weighted by Crippen LogP contribution is -2.24. The van der Waals surface area contributed by atoms with Crippen molar-refractivity contribution in [2.24, 2.45) is 11.7 Å². The molecular formula is C19H23N7S2. The number of benzene rings is 1. The van der Waals surface area contributed by atoms with Crippen molar-refractivity contribution in [1.82, 2.24) is 24.5 Å². The van der Waals surface area contributed by atoms with Gasteiger partial charge in [-0.25, -0.2) is 9.97 Å². The third-order valence-corrected chi connectivity index (χ3v) is 5.85. The van der Waals surface area contributed by atoms with Crippen molar-refractivity contribution in [3.8, 4) is 10.8 Å². The van der Waals surface area contributed by atoms with Crippen LogP contribution in [0.1, 0.15) is 26.7 Å². The van der Waals surface area contributed by atoms with E-state index < -0.39 is 0 Å². The molecule has 7 nitrogen and oxygen atoms in total. The number of hydrogen-bond acceptors (Lipinski definition) is 7. The van der Waals surface area contributed by atoms with Gasteiger partial charge in [0.2, 0.25) is 0 Å². The number of nitrogens with one attached hydrogen (secondary N) is 1. The lowest BCUT2D eigenvalue weighted by Gasteiger charge is -2.15. The number of anilines is 1. The molecule has 0 saturated heterocycles. The van der Waals surface area contributed by atoms with Crippen LogP contribution in [0.3, 0.4) is 0 Å². The summed E-state index contributed by atoms with van der Waals surface area (Å²) in [7, 11) is 0. The van der Waals surface area contributed by atoms with Crippen LogP contribution in [0.4, 0.5) is 5.82 Å². The van der Waals surface area contributed by atoms with Gasteiger partial charge in [0.25, 0.3) is 0 Å². The molecule has 3 aromatic heterocycles. The SMILES string of the molecule is CC(C)CC(N)CCn1c(-c2nc3ccccc3s2)nc2c(N)[nH]c(=S)nc21. The number of aromatic nitrogens is 5. The Kier molecular flexibility index (Phi) is 5.13. The van der Waals surface area contributed by atoms with Crippen molar-refractivity contribution in [1.29, 1.82) is 0 Å². The second-order valence-corrected chi connectivity index (χ2v) is 8.80. The molecule has 0 aliphatic carbocycles. The Labute approximate surface area is 171 Å². The van der Waals surface area contributed by atoms with Gasteiger partial charge in [0.05, 0.1) is 10.2 Å². The number of aromatic amines is 1. The minimum atomic E-state index is 0.108. The Morgan fingerprint density at radius 3 is 2.75 bits per heavy atom. The van der Waals surface area contributed by atoms with Gasteiger partial charge in [-0.05, 0) is 43.1 Å². The lowest BCUT2D eigenvalue weighted by atomic mass is 10.0. The fourth-order valence-electron chi connectivity index (χ4n) is 3.40. The highest BCUT2D eigenvalue weighted by molar-refractivity contribution is 7.71. The number of nitrogens with two attached hydrogens (primary N) is 2. The maximum Gasteiger partial charge on any atom is 0.200 e. The van der Waals surface area contributed by atoms with Crippen LogP contribution in [-0.2, 0) is 6.54 Å². The molecule has 4 rings (SSSR count). The van der Waals surface area contributed by atoms with Crippen LogP contribution in [0.15, 0.2) is 24.3 Å². The Morgan fingerprint density at radius 2 is 2.00 bits per heavy atom. The average Bonchev–Trinajstić information content (AvgIpc) is 3.20. The van der Waals surface area contributed by atoms with Crippen molar-refractivity contribution >= 4 is 50.8 Å². The maximum absolute atomic E-state index is 6.33. The third kappa shape index (κ3) is 3.65. The summed E-state index contributed by atoms with van der Waals surface area (Å²) in [6, 6.07) is 8.16. The quantitative estimate of drug-likeness (QED) is 0.410. The number of fused-ring (bicyclic) bond motifs is 2. The highest BCUT2D eigenvalue weighted by atomic mass is 32.1. The van der Waals surface area contributed by atoms with Crippen molar-refractivity contribution in [3.05, 3.63) is 29.0 Å². The van der Waals surface area contributed by atoms with E-state index >= 15 is 0 Å². The molecule has 0 saturated carbocycles. The molecular weight excluding hydrogens is 390 g/mol. The normalized spacial score (nSPS) is 13.0. The minimum absolute atomic E-state index is 0.108. The van der Waals surface area contributed by atoms with E-state index in [9.17, 15) is 0 Å². The first-order valence-electron chi connectivity index (χ1n) is 9.30. The Bertz CT molecular complexity index is 1160. The van der Waals surface area contributed by atoms with Gasteiger partial charge >= 0.3 is 0 Å². The van der Waals surface area contributed by atoms with E-state index in [1.807, 2.05) is 22.8 Å². The van der Waals surface area contributed by atoms with Crippen LogP contribution in [0.2, 0.25) is 0 Å². The van der Waals surface area contributed by atoms with Crippen molar-refractivity contribution < 1.29 is 0 Å². The van der Waals surface area contributed by atoms with E-state index in [4.69, 9.17) is 33.7 Å². The largest absolute Gasteiger partial charge is 0.383 e. The standard InChI is InChI=1S/C19H23N7S2/c1-10(2)9-11(20)7-8-26-16-14(15(21)24-19(27)25-16)23-17(26)18-22-12-5-3-4-6-13(12)28-18/h3-6,10-11H,7-9,20H2,1-2H3,(H3,21,24,25,27). The molecule has 1 atom stereocenters. The fraction of sp³-hybridized carbons (Fsp3) is 0.368. The molecule has 3 heterocycles. The highest BCUT2D eigenvalue weighted by Gasteiger charge is 2.20. The second kappa shape index (κ2) is 7.57. The molecule has 0 amide bonds. The van der Waals surface area contributed by atoms with E-state index in [-0.39, 0.29) is 6.04 Å². The van der Waals surface area contributed by atoms with Crippen molar-refractivity contribution in [2.45, 2.75) is 39.3 Å². The predicted octanol–water partition coefficient (Wildman–Crippen LogP) is 4.11. The Balaban J connectivity index is 1.82. The first-order valence-corrected chi connectivity index (χ1v) is 10.5. The first-order chi connectivity index (χ1) is 13.4. The first kappa shape index (κ1) is 19.0. The van der Waals surface area contributed by atoms with Crippen LogP contribution < -0.4 is 11.5 Å². The van der Waals surface area contributed by atoms with E-state index in [1.54, 1.807) is 11.3 Å². The van der Waals surface area contributed by atoms with Crippen LogP contribution in [0, 0.1) is 10.7 Å². The monoisotopic (exact) mass is 413 g/mol. The summed E-state index contributed by atoms with van der Waals surface area (Å²) in [6.45, 7) is 5.04.